The van der Waals surface area contributed by atoms with Crippen molar-refractivity contribution in [2.75, 3.05) is 6.54 Å². The van der Waals surface area contributed by atoms with Crippen LogP contribution in [0.1, 0.15) is 24.5 Å². The third kappa shape index (κ3) is 3.58. The van der Waals surface area contributed by atoms with Gasteiger partial charge in [-0.15, -0.1) is 10.2 Å². The molecule has 0 radical (unpaired) electrons. The summed E-state index contributed by atoms with van der Waals surface area (Å²) in [5.74, 6) is 0.653. The van der Waals surface area contributed by atoms with Crippen LogP contribution < -0.4 is 5.32 Å². The second-order valence-electron chi connectivity index (χ2n) is 4.71. The van der Waals surface area contributed by atoms with Gasteiger partial charge in [-0.3, -0.25) is 4.98 Å². The minimum atomic E-state index is 0.653. The van der Waals surface area contributed by atoms with E-state index in [4.69, 9.17) is 0 Å². The Balaban J connectivity index is 2.02. The van der Waals surface area contributed by atoms with E-state index in [9.17, 15) is 0 Å². The van der Waals surface area contributed by atoms with E-state index in [2.05, 4.69) is 34.3 Å². The van der Waals surface area contributed by atoms with Crippen molar-refractivity contribution in [3.8, 4) is 10.6 Å². The first kappa shape index (κ1) is 13.1. The van der Waals surface area contributed by atoms with Gasteiger partial charge in [-0.05, 0) is 31.5 Å². The summed E-state index contributed by atoms with van der Waals surface area (Å²) in [7, 11) is 0. The highest BCUT2D eigenvalue weighted by molar-refractivity contribution is 7.14. The number of nitrogens with one attached hydrogen (secondary N) is 1. The molecule has 0 atom stereocenters. The van der Waals surface area contributed by atoms with Crippen LogP contribution in [0.5, 0.6) is 0 Å². The van der Waals surface area contributed by atoms with Crippen LogP contribution in [0.3, 0.4) is 0 Å². The number of hydrogen-bond donors (Lipinski definition) is 1. The lowest BCUT2D eigenvalue weighted by Crippen LogP contribution is -2.18. The molecule has 0 spiro atoms. The Kier molecular flexibility index (Phi) is 4.38. The number of rotatable bonds is 5. The predicted molar refractivity (Wildman–Crippen MR) is 74.4 cm³/mol. The number of aryl methyl sites for hydroxylation is 1. The molecule has 1 N–H and O–H groups in total. The third-order valence-corrected chi connectivity index (χ3v) is 3.41. The van der Waals surface area contributed by atoms with Crippen molar-refractivity contribution < 1.29 is 0 Å². The van der Waals surface area contributed by atoms with Crippen molar-refractivity contribution in [3.63, 3.8) is 0 Å². The largest absolute Gasteiger partial charge is 0.310 e. The van der Waals surface area contributed by atoms with Gasteiger partial charge in [0.2, 0.25) is 0 Å². The van der Waals surface area contributed by atoms with Crippen LogP contribution in [0, 0.1) is 12.8 Å². The lowest BCUT2D eigenvalue weighted by atomic mass is 10.2. The summed E-state index contributed by atoms with van der Waals surface area (Å²) in [6.45, 7) is 8.16. The van der Waals surface area contributed by atoms with Gasteiger partial charge in [0.15, 0.2) is 0 Å². The van der Waals surface area contributed by atoms with E-state index < -0.39 is 0 Å². The molecule has 0 aliphatic heterocycles. The highest BCUT2D eigenvalue weighted by Crippen LogP contribution is 2.23. The molecular formula is C13H18N4S. The molecule has 2 aromatic heterocycles. The monoisotopic (exact) mass is 262 g/mol. The molecule has 4 nitrogen and oxygen atoms in total. The fraction of sp³-hybridized carbons (Fsp3) is 0.462. The fourth-order valence-corrected chi connectivity index (χ4v) is 2.39. The van der Waals surface area contributed by atoms with Gasteiger partial charge in [-0.2, -0.15) is 0 Å². The van der Waals surface area contributed by atoms with E-state index in [1.807, 2.05) is 25.3 Å². The average Bonchev–Trinajstić information content (AvgIpc) is 2.77. The molecule has 2 aromatic rings. The molecule has 5 heteroatoms. The van der Waals surface area contributed by atoms with E-state index in [-0.39, 0.29) is 0 Å². The maximum absolute atomic E-state index is 4.23. The van der Waals surface area contributed by atoms with Crippen LogP contribution in [0.2, 0.25) is 0 Å². The number of pyridine rings is 1. The summed E-state index contributed by atoms with van der Waals surface area (Å²) in [4.78, 5) is 4.19. The molecule has 0 saturated carbocycles. The predicted octanol–water partition coefficient (Wildman–Crippen LogP) is 2.65. The first-order chi connectivity index (χ1) is 8.65. The zero-order valence-electron chi connectivity index (χ0n) is 11.0. The Morgan fingerprint density at radius 1 is 1.33 bits per heavy atom. The minimum Gasteiger partial charge on any atom is -0.310 e. The number of aromatic nitrogens is 3. The molecule has 0 saturated heterocycles. The number of hydrogen-bond acceptors (Lipinski definition) is 5. The summed E-state index contributed by atoms with van der Waals surface area (Å²) in [5.41, 5.74) is 2.09. The molecule has 0 fully saturated rings. The number of nitrogens with zero attached hydrogens (tertiary/aromatic N) is 3. The SMILES string of the molecule is Cc1cc(-c2nnc(CNCC(C)C)s2)ccn1. The summed E-state index contributed by atoms with van der Waals surface area (Å²) in [6.07, 6.45) is 1.81. The molecule has 96 valence electrons. The highest BCUT2D eigenvalue weighted by Gasteiger charge is 2.06. The second kappa shape index (κ2) is 6.02. The first-order valence-corrected chi connectivity index (χ1v) is 6.93. The topological polar surface area (TPSA) is 50.7 Å². The lowest BCUT2D eigenvalue weighted by Gasteiger charge is -2.03. The summed E-state index contributed by atoms with van der Waals surface area (Å²) >= 11 is 1.63. The third-order valence-electron chi connectivity index (χ3n) is 2.44. The average molecular weight is 262 g/mol. The standard InChI is InChI=1S/C13H18N4S/c1-9(2)7-14-8-12-16-17-13(18-12)11-4-5-15-10(3)6-11/h4-6,9,14H,7-8H2,1-3H3. The summed E-state index contributed by atoms with van der Waals surface area (Å²) < 4.78 is 0. The van der Waals surface area contributed by atoms with Gasteiger partial charge in [0.25, 0.3) is 0 Å². The Morgan fingerprint density at radius 3 is 2.89 bits per heavy atom. The van der Waals surface area contributed by atoms with E-state index in [1.54, 1.807) is 11.3 Å². The maximum Gasteiger partial charge on any atom is 0.147 e. The molecular weight excluding hydrogens is 244 g/mol. The molecule has 0 bridgehead atoms. The van der Waals surface area contributed by atoms with Crippen molar-refractivity contribution in [3.05, 3.63) is 29.0 Å². The second-order valence-corrected chi connectivity index (χ2v) is 5.77. The van der Waals surface area contributed by atoms with Gasteiger partial charge in [-0.1, -0.05) is 25.2 Å². The normalized spacial score (nSPS) is 11.1. The van der Waals surface area contributed by atoms with Crippen LogP contribution in [0.15, 0.2) is 18.3 Å². The van der Waals surface area contributed by atoms with Crippen LogP contribution in [0.4, 0.5) is 0 Å². The summed E-state index contributed by atoms with van der Waals surface area (Å²) in [6, 6.07) is 4.00. The van der Waals surface area contributed by atoms with Crippen LogP contribution in [0.25, 0.3) is 10.6 Å². The molecule has 0 unspecified atom stereocenters. The highest BCUT2D eigenvalue weighted by atomic mass is 32.1. The molecule has 2 rings (SSSR count). The zero-order valence-corrected chi connectivity index (χ0v) is 11.8. The van der Waals surface area contributed by atoms with Crippen molar-refractivity contribution >= 4 is 11.3 Å². The fourth-order valence-electron chi connectivity index (χ4n) is 1.59. The molecule has 0 aromatic carbocycles. The van der Waals surface area contributed by atoms with E-state index in [0.29, 0.717) is 5.92 Å². The Labute approximate surface area is 111 Å². The maximum atomic E-state index is 4.23. The minimum absolute atomic E-state index is 0.653. The first-order valence-electron chi connectivity index (χ1n) is 6.11. The van der Waals surface area contributed by atoms with Crippen LogP contribution >= 0.6 is 11.3 Å². The quantitative estimate of drug-likeness (QED) is 0.900. The van der Waals surface area contributed by atoms with E-state index >= 15 is 0 Å². The van der Waals surface area contributed by atoms with Crippen molar-refractivity contribution in [2.24, 2.45) is 5.92 Å². The van der Waals surface area contributed by atoms with Crippen LogP contribution in [-0.4, -0.2) is 21.7 Å². The smallest absolute Gasteiger partial charge is 0.147 e. The van der Waals surface area contributed by atoms with Gasteiger partial charge in [0.05, 0.1) is 0 Å². The van der Waals surface area contributed by atoms with Gasteiger partial charge >= 0.3 is 0 Å². The molecule has 0 aliphatic carbocycles. The summed E-state index contributed by atoms with van der Waals surface area (Å²) in [5, 5.41) is 13.8. The van der Waals surface area contributed by atoms with Crippen molar-refractivity contribution in [1.29, 1.82) is 0 Å². The van der Waals surface area contributed by atoms with E-state index in [0.717, 1.165) is 34.4 Å². The van der Waals surface area contributed by atoms with Gasteiger partial charge in [0, 0.05) is 24.0 Å². The molecule has 2 heterocycles. The molecule has 0 amide bonds. The lowest BCUT2D eigenvalue weighted by molar-refractivity contribution is 0.550. The Morgan fingerprint density at radius 2 is 2.17 bits per heavy atom. The van der Waals surface area contributed by atoms with Gasteiger partial charge in [-0.25, -0.2) is 0 Å². The molecule has 18 heavy (non-hydrogen) atoms. The van der Waals surface area contributed by atoms with Gasteiger partial charge < -0.3 is 5.32 Å². The van der Waals surface area contributed by atoms with Crippen molar-refractivity contribution in [2.45, 2.75) is 27.3 Å². The van der Waals surface area contributed by atoms with Crippen LogP contribution in [-0.2, 0) is 6.54 Å². The Bertz CT molecular complexity index is 507. The van der Waals surface area contributed by atoms with E-state index in [1.165, 1.54) is 0 Å². The van der Waals surface area contributed by atoms with Crippen molar-refractivity contribution in [1.82, 2.24) is 20.5 Å². The Hall–Kier alpha value is -1.33. The van der Waals surface area contributed by atoms with Gasteiger partial charge in [0.1, 0.15) is 10.0 Å². The zero-order chi connectivity index (χ0) is 13.0. The molecule has 0 aliphatic rings.